The van der Waals surface area contributed by atoms with E-state index in [0.29, 0.717) is 24.4 Å². The molecule has 4 N–H and O–H groups in total. The van der Waals surface area contributed by atoms with Crippen LogP contribution in [0.15, 0.2) is 79.0 Å². The molecule has 0 fully saturated rings. The van der Waals surface area contributed by atoms with Crippen molar-refractivity contribution in [3.63, 3.8) is 0 Å². The lowest BCUT2D eigenvalue weighted by Gasteiger charge is -2.51. The average molecular weight is 463 g/mol. The summed E-state index contributed by atoms with van der Waals surface area (Å²) >= 11 is 0. The van der Waals surface area contributed by atoms with E-state index in [-0.39, 0.29) is 17.7 Å². The van der Waals surface area contributed by atoms with Gasteiger partial charge in [0.1, 0.15) is 0 Å². The van der Waals surface area contributed by atoms with Crippen LogP contribution >= 0.6 is 0 Å². The Morgan fingerprint density at radius 2 is 1.71 bits per heavy atom. The lowest BCUT2D eigenvalue weighted by molar-refractivity contribution is -0.126. The Kier molecular flexibility index (Phi) is 4.85. The molecule has 0 spiro atoms. The number of nitrogens with zero attached hydrogens (tertiary/aromatic N) is 1. The van der Waals surface area contributed by atoms with Gasteiger partial charge in [-0.05, 0) is 47.2 Å². The molecule has 3 unspecified atom stereocenters. The molecule has 3 aliphatic rings. The summed E-state index contributed by atoms with van der Waals surface area (Å²) in [5.74, 6) is -0.326. The highest BCUT2D eigenvalue weighted by Gasteiger charge is 2.54. The van der Waals surface area contributed by atoms with Gasteiger partial charge in [0.25, 0.3) is 0 Å². The van der Waals surface area contributed by atoms with E-state index in [1.165, 1.54) is 11.1 Å². The molecule has 0 radical (unpaired) electrons. The number of aromatic nitrogens is 2. The molecular formula is C29H26N4O2. The molecule has 0 saturated heterocycles. The molecule has 3 aromatic carbocycles. The van der Waals surface area contributed by atoms with Crippen molar-refractivity contribution < 1.29 is 9.59 Å². The van der Waals surface area contributed by atoms with E-state index >= 15 is 0 Å². The van der Waals surface area contributed by atoms with Crippen LogP contribution in [0, 0.1) is 5.41 Å². The minimum absolute atomic E-state index is 0.0732. The third-order valence-electron chi connectivity index (χ3n) is 7.63. The maximum Gasteiger partial charge on any atom is 0.249 e. The molecule has 3 atom stereocenters. The fraction of sp³-hybridized carbons (Fsp3) is 0.207. The number of primary amides is 1. The number of hydrogen-bond acceptors (Lipinski definition) is 3. The average Bonchev–Trinajstić information content (AvgIpc) is 3.30. The maximum atomic E-state index is 13.8. The van der Waals surface area contributed by atoms with Crippen LogP contribution in [0.5, 0.6) is 0 Å². The number of nitrogens with two attached hydrogens (primary N) is 1. The van der Waals surface area contributed by atoms with Gasteiger partial charge in [-0.15, -0.1) is 0 Å². The fourth-order valence-corrected chi connectivity index (χ4v) is 6.10. The summed E-state index contributed by atoms with van der Waals surface area (Å²) < 4.78 is 0. The van der Waals surface area contributed by atoms with Crippen LogP contribution in [0.1, 0.15) is 69.0 Å². The van der Waals surface area contributed by atoms with Crippen LogP contribution in [0.4, 0.5) is 5.95 Å². The summed E-state index contributed by atoms with van der Waals surface area (Å²) in [7, 11) is 0. The topological polar surface area (TPSA) is 101 Å². The fourth-order valence-electron chi connectivity index (χ4n) is 6.10. The molecule has 174 valence electrons. The molecule has 2 bridgehead atoms. The summed E-state index contributed by atoms with van der Waals surface area (Å²) in [5, 5.41) is 3.04. The Balaban J connectivity index is 1.34. The largest absolute Gasteiger partial charge is 0.366 e. The van der Waals surface area contributed by atoms with Crippen LogP contribution in [-0.4, -0.2) is 21.8 Å². The van der Waals surface area contributed by atoms with Crippen molar-refractivity contribution in [1.82, 2.24) is 9.97 Å². The minimum Gasteiger partial charge on any atom is -0.366 e. The second-order valence-corrected chi connectivity index (χ2v) is 9.78. The standard InChI is InChI=1S/C29H26N4O2/c1-29(27(35)33-28-31-16-18(32-28)14-17-8-3-2-4-9-17)15-23-19-10-5-6-11-20(19)25(29)21-12-7-13-22(24(21)23)26(30)34/h2-13,16,23,25H,14-15H2,1H3,(H2,30,34)(H2,31,32,33,35). The Morgan fingerprint density at radius 3 is 2.49 bits per heavy atom. The SMILES string of the molecule is CC1(C(=O)Nc2ncc(Cc3ccccc3)[nH]2)CC2c3ccccc3C1c1cccc(C(N)=O)c12. The molecule has 6 nitrogen and oxygen atoms in total. The zero-order valence-electron chi connectivity index (χ0n) is 19.4. The summed E-state index contributed by atoms with van der Waals surface area (Å²) in [5.41, 5.74) is 12.0. The number of nitrogens with one attached hydrogen (secondary N) is 2. The number of amides is 2. The maximum absolute atomic E-state index is 13.8. The highest BCUT2D eigenvalue weighted by atomic mass is 16.2. The second kappa shape index (κ2) is 7.94. The number of fused-ring (bicyclic) bond motifs is 1. The number of carbonyl (C=O) groups is 2. The molecule has 2 amide bonds. The first kappa shape index (κ1) is 21.4. The van der Waals surface area contributed by atoms with Gasteiger partial charge in [-0.1, -0.05) is 66.7 Å². The molecule has 7 rings (SSSR count). The Labute approximate surface area is 203 Å². The van der Waals surface area contributed by atoms with Gasteiger partial charge in [0.05, 0.1) is 11.6 Å². The number of H-pyrrole nitrogens is 1. The summed E-state index contributed by atoms with van der Waals surface area (Å²) in [6.07, 6.45) is 3.07. The normalized spacial score (nSPS) is 21.7. The van der Waals surface area contributed by atoms with Crippen molar-refractivity contribution in [2.75, 3.05) is 5.32 Å². The van der Waals surface area contributed by atoms with E-state index in [9.17, 15) is 9.59 Å². The summed E-state index contributed by atoms with van der Waals surface area (Å²) in [6, 6.07) is 24.0. The number of aromatic amines is 1. The molecule has 4 aromatic rings. The van der Waals surface area contributed by atoms with Gasteiger partial charge in [-0.3, -0.25) is 14.9 Å². The van der Waals surface area contributed by atoms with Crippen molar-refractivity contribution in [3.05, 3.63) is 118 Å². The Hall–Kier alpha value is -4.19. The van der Waals surface area contributed by atoms with E-state index in [0.717, 1.165) is 22.4 Å². The predicted molar refractivity (Wildman–Crippen MR) is 134 cm³/mol. The first-order valence-corrected chi connectivity index (χ1v) is 11.9. The summed E-state index contributed by atoms with van der Waals surface area (Å²) in [4.78, 5) is 33.8. The monoisotopic (exact) mass is 462 g/mol. The van der Waals surface area contributed by atoms with Gasteiger partial charge >= 0.3 is 0 Å². The van der Waals surface area contributed by atoms with E-state index in [1.807, 2.05) is 49.4 Å². The Morgan fingerprint density at radius 1 is 1.00 bits per heavy atom. The van der Waals surface area contributed by atoms with Crippen LogP contribution < -0.4 is 11.1 Å². The first-order valence-electron chi connectivity index (χ1n) is 11.9. The molecule has 6 heteroatoms. The third kappa shape index (κ3) is 3.36. The van der Waals surface area contributed by atoms with Crippen LogP contribution in [-0.2, 0) is 11.2 Å². The van der Waals surface area contributed by atoms with Gasteiger partial charge in [-0.25, -0.2) is 4.98 Å². The Bertz CT molecular complexity index is 1460. The second-order valence-electron chi connectivity index (χ2n) is 9.78. The van der Waals surface area contributed by atoms with Crippen molar-refractivity contribution in [2.24, 2.45) is 11.1 Å². The highest BCUT2D eigenvalue weighted by molar-refractivity contribution is 5.98. The number of anilines is 1. The predicted octanol–water partition coefficient (Wildman–Crippen LogP) is 4.73. The quantitative estimate of drug-likeness (QED) is 0.400. The number of rotatable bonds is 5. The van der Waals surface area contributed by atoms with Gasteiger partial charge in [0, 0.05) is 29.5 Å². The lowest BCUT2D eigenvalue weighted by atomic mass is 9.52. The van der Waals surface area contributed by atoms with E-state index in [1.54, 1.807) is 12.3 Å². The molecule has 35 heavy (non-hydrogen) atoms. The molecule has 3 aliphatic carbocycles. The van der Waals surface area contributed by atoms with E-state index in [4.69, 9.17) is 5.73 Å². The van der Waals surface area contributed by atoms with Crippen molar-refractivity contribution in [1.29, 1.82) is 0 Å². The highest BCUT2D eigenvalue weighted by Crippen LogP contribution is 2.61. The molecule has 0 aliphatic heterocycles. The smallest absolute Gasteiger partial charge is 0.249 e. The van der Waals surface area contributed by atoms with Gasteiger partial charge in [0.2, 0.25) is 17.8 Å². The van der Waals surface area contributed by atoms with Crippen molar-refractivity contribution in [2.45, 2.75) is 31.6 Å². The summed E-state index contributed by atoms with van der Waals surface area (Å²) in [6.45, 7) is 2.02. The van der Waals surface area contributed by atoms with Gasteiger partial charge in [0.15, 0.2) is 0 Å². The molecule has 1 aromatic heterocycles. The first-order chi connectivity index (χ1) is 17.0. The zero-order valence-corrected chi connectivity index (χ0v) is 19.4. The van der Waals surface area contributed by atoms with E-state index in [2.05, 4.69) is 39.6 Å². The lowest BCUT2D eigenvalue weighted by Crippen LogP contribution is -2.47. The van der Waals surface area contributed by atoms with Crippen LogP contribution in [0.3, 0.4) is 0 Å². The molecular weight excluding hydrogens is 436 g/mol. The molecule has 1 heterocycles. The molecule has 0 saturated carbocycles. The number of hydrogen-bond donors (Lipinski definition) is 3. The number of benzene rings is 3. The van der Waals surface area contributed by atoms with Gasteiger partial charge in [-0.2, -0.15) is 0 Å². The van der Waals surface area contributed by atoms with Crippen LogP contribution in [0.25, 0.3) is 0 Å². The number of carbonyl (C=O) groups excluding carboxylic acids is 2. The number of imidazole rings is 1. The van der Waals surface area contributed by atoms with Gasteiger partial charge < -0.3 is 10.7 Å². The zero-order chi connectivity index (χ0) is 24.2. The van der Waals surface area contributed by atoms with Crippen molar-refractivity contribution >= 4 is 17.8 Å². The third-order valence-corrected chi connectivity index (χ3v) is 7.63. The van der Waals surface area contributed by atoms with E-state index < -0.39 is 11.3 Å². The minimum atomic E-state index is -0.714. The van der Waals surface area contributed by atoms with Crippen molar-refractivity contribution in [3.8, 4) is 0 Å². The van der Waals surface area contributed by atoms with Crippen LogP contribution in [0.2, 0.25) is 0 Å².